The van der Waals surface area contributed by atoms with E-state index in [0.29, 0.717) is 22.7 Å². The largest absolute Gasteiger partial charge is 0.508 e. The van der Waals surface area contributed by atoms with Crippen LogP contribution >= 0.6 is 0 Å². The van der Waals surface area contributed by atoms with Crippen molar-refractivity contribution in [3.8, 4) is 11.5 Å². The maximum Gasteiger partial charge on any atom is 0.328 e. The summed E-state index contributed by atoms with van der Waals surface area (Å²) < 4.78 is 5.62. The Morgan fingerprint density at radius 3 is 2.55 bits per heavy atom. The van der Waals surface area contributed by atoms with Crippen molar-refractivity contribution in [3.63, 3.8) is 0 Å². The van der Waals surface area contributed by atoms with Crippen LogP contribution in [0.4, 0.5) is 16.2 Å². The second-order valence-corrected chi connectivity index (χ2v) is 8.48. The number of hydrogen-bond donors (Lipinski definition) is 3. The molecule has 0 aliphatic carbocycles. The van der Waals surface area contributed by atoms with E-state index in [1.165, 1.54) is 12.0 Å². The standard InChI is InChI=1S/C23H27N3O5/c1-13-17(7-6-8-18(13)27)24-21(29)15-11-14(26-10-9-19(28)25-22(26)30)12-16(20(15)31-5)23(2,3)4/h6-8,11-12,27H,9-10H2,1-5H3,(H,24,29)(H,25,28,30). The number of hydrogen-bond acceptors (Lipinski definition) is 5. The van der Waals surface area contributed by atoms with Crippen LogP contribution in [0.5, 0.6) is 11.5 Å². The van der Waals surface area contributed by atoms with E-state index < -0.39 is 11.9 Å². The molecule has 2 aromatic rings. The Morgan fingerprint density at radius 2 is 1.94 bits per heavy atom. The first-order valence-electron chi connectivity index (χ1n) is 9.96. The van der Waals surface area contributed by atoms with Gasteiger partial charge in [0.15, 0.2) is 0 Å². The lowest BCUT2D eigenvalue weighted by molar-refractivity contribution is -0.120. The summed E-state index contributed by atoms with van der Waals surface area (Å²) in [7, 11) is 1.49. The van der Waals surface area contributed by atoms with Crippen LogP contribution < -0.4 is 20.3 Å². The molecule has 1 saturated heterocycles. The van der Waals surface area contributed by atoms with Gasteiger partial charge in [-0.1, -0.05) is 26.8 Å². The molecule has 3 N–H and O–H groups in total. The third kappa shape index (κ3) is 4.47. The Morgan fingerprint density at radius 1 is 1.23 bits per heavy atom. The quantitative estimate of drug-likeness (QED) is 0.692. The van der Waals surface area contributed by atoms with Crippen molar-refractivity contribution in [1.82, 2.24) is 5.32 Å². The minimum Gasteiger partial charge on any atom is -0.508 e. The number of nitrogens with one attached hydrogen (secondary N) is 2. The first-order valence-corrected chi connectivity index (χ1v) is 9.96. The average Bonchev–Trinajstić information content (AvgIpc) is 2.69. The van der Waals surface area contributed by atoms with Crippen LogP contribution in [0, 0.1) is 6.92 Å². The molecule has 1 aliphatic heterocycles. The van der Waals surface area contributed by atoms with Crippen molar-refractivity contribution in [1.29, 1.82) is 0 Å². The number of ether oxygens (including phenoxy) is 1. The van der Waals surface area contributed by atoms with E-state index in [4.69, 9.17) is 4.74 Å². The molecule has 0 spiro atoms. The van der Waals surface area contributed by atoms with Gasteiger partial charge < -0.3 is 15.2 Å². The summed E-state index contributed by atoms with van der Waals surface area (Å²) in [5.41, 5.74) is 2.10. The van der Waals surface area contributed by atoms with E-state index in [9.17, 15) is 19.5 Å². The van der Waals surface area contributed by atoms with Gasteiger partial charge in [-0.3, -0.25) is 19.8 Å². The molecule has 1 aliphatic rings. The Bertz CT molecular complexity index is 1060. The number of anilines is 2. The molecular weight excluding hydrogens is 398 g/mol. The van der Waals surface area contributed by atoms with Gasteiger partial charge in [0.2, 0.25) is 5.91 Å². The summed E-state index contributed by atoms with van der Waals surface area (Å²) in [4.78, 5) is 38.7. The number of amides is 4. The molecule has 3 rings (SSSR count). The number of nitrogens with zero attached hydrogens (tertiary/aromatic N) is 1. The molecule has 31 heavy (non-hydrogen) atoms. The van der Waals surface area contributed by atoms with Gasteiger partial charge in [0.05, 0.1) is 12.7 Å². The number of phenols is 1. The summed E-state index contributed by atoms with van der Waals surface area (Å²) >= 11 is 0. The van der Waals surface area contributed by atoms with E-state index in [2.05, 4.69) is 10.6 Å². The monoisotopic (exact) mass is 425 g/mol. The third-order valence-corrected chi connectivity index (χ3v) is 5.25. The van der Waals surface area contributed by atoms with E-state index in [-0.39, 0.29) is 35.6 Å². The van der Waals surface area contributed by atoms with E-state index in [0.717, 1.165) is 5.56 Å². The van der Waals surface area contributed by atoms with Crippen molar-refractivity contribution < 1.29 is 24.2 Å². The number of carbonyl (C=O) groups is 3. The Labute approximate surface area is 181 Å². The second-order valence-electron chi connectivity index (χ2n) is 8.48. The van der Waals surface area contributed by atoms with Gasteiger partial charge in [-0.15, -0.1) is 0 Å². The molecule has 1 heterocycles. The van der Waals surface area contributed by atoms with Crippen LogP contribution in [0.1, 0.15) is 48.7 Å². The Balaban J connectivity index is 2.11. The first kappa shape index (κ1) is 22.1. The number of urea groups is 1. The maximum absolute atomic E-state index is 13.3. The highest BCUT2D eigenvalue weighted by Crippen LogP contribution is 2.38. The zero-order valence-corrected chi connectivity index (χ0v) is 18.3. The lowest BCUT2D eigenvalue weighted by Gasteiger charge is -2.30. The van der Waals surface area contributed by atoms with Gasteiger partial charge in [0.25, 0.3) is 5.91 Å². The van der Waals surface area contributed by atoms with Gasteiger partial charge in [-0.05, 0) is 36.6 Å². The lowest BCUT2D eigenvalue weighted by Crippen LogP contribution is -2.49. The molecule has 0 atom stereocenters. The molecule has 2 aromatic carbocycles. The van der Waals surface area contributed by atoms with E-state index in [1.807, 2.05) is 26.8 Å². The molecule has 4 amide bonds. The first-order chi connectivity index (χ1) is 14.5. The predicted octanol–water partition coefficient (Wildman–Crippen LogP) is 3.71. The van der Waals surface area contributed by atoms with Gasteiger partial charge >= 0.3 is 6.03 Å². The molecule has 0 aromatic heterocycles. The zero-order chi connectivity index (χ0) is 22.9. The topological polar surface area (TPSA) is 108 Å². The van der Waals surface area contributed by atoms with Gasteiger partial charge in [-0.2, -0.15) is 0 Å². The van der Waals surface area contributed by atoms with E-state index >= 15 is 0 Å². The molecule has 0 bridgehead atoms. The fraction of sp³-hybridized carbons (Fsp3) is 0.348. The van der Waals surface area contributed by atoms with Crippen molar-refractivity contribution in [2.75, 3.05) is 23.9 Å². The number of benzene rings is 2. The fourth-order valence-corrected chi connectivity index (χ4v) is 3.47. The highest BCUT2D eigenvalue weighted by Gasteiger charge is 2.30. The average molecular weight is 425 g/mol. The molecule has 1 fully saturated rings. The minimum absolute atomic E-state index is 0.0727. The van der Waals surface area contributed by atoms with Crippen LogP contribution in [-0.4, -0.2) is 36.6 Å². The van der Waals surface area contributed by atoms with Crippen molar-refractivity contribution in [2.24, 2.45) is 0 Å². The van der Waals surface area contributed by atoms with Crippen molar-refractivity contribution in [2.45, 2.75) is 39.5 Å². The van der Waals surface area contributed by atoms with Crippen molar-refractivity contribution >= 4 is 29.2 Å². The number of carbonyl (C=O) groups excluding carboxylic acids is 3. The summed E-state index contributed by atoms with van der Waals surface area (Å²) in [5, 5.41) is 15.1. The molecule has 8 nitrogen and oxygen atoms in total. The number of methoxy groups -OCH3 is 1. The van der Waals surface area contributed by atoms with Gasteiger partial charge in [0.1, 0.15) is 11.5 Å². The van der Waals surface area contributed by atoms with E-state index in [1.54, 1.807) is 31.2 Å². The van der Waals surface area contributed by atoms with Crippen LogP contribution in [0.3, 0.4) is 0 Å². The van der Waals surface area contributed by atoms with Gasteiger partial charge in [0, 0.05) is 35.5 Å². The van der Waals surface area contributed by atoms with Crippen molar-refractivity contribution in [3.05, 3.63) is 47.0 Å². The molecule has 0 radical (unpaired) electrons. The molecule has 164 valence electrons. The second kappa shape index (κ2) is 8.29. The lowest BCUT2D eigenvalue weighted by atomic mass is 9.84. The van der Waals surface area contributed by atoms with Crippen LogP contribution in [0.2, 0.25) is 0 Å². The fourth-order valence-electron chi connectivity index (χ4n) is 3.47. The van der Waals surface area contributed by atoms with Crippen LogP contribution in [-0.2, 0) is 10.2 Å². The molecule has 0 saturated carbocycles. The smallest absolute Gasteiger partial charge is 0.328 e. The summed E-state index contributed by atoms with van der Waals surface area (Å²) in [6, 6.07) is 7.73. The van der Waals surface area contributed by atoms with Crippen LogP contribution in [0.25, 0.3) is 0 Å². The normalized spacial score (nSPS) is 14.3. The maximum atomic E-state index is 13.3. The van der Waals surface area contributed by atoms with Crippen LogP contribution in [0.15, 0.2) is 30.3 Å². The summed E-state index contributed by atoms with van der Waals surface area (Å²) in [6.07, 6.45) is 0.173. The summed E-state index contributed by atoms with van der Waals surface area (Å²) in [5.74, 6) is -0.293. The Kier molecular flexibility index (Phi) is 5.92. The highest BCUT2D eigenvalue weighted by atomic mass is 16.5. The number of aromatic hydroxyl groups is 1. The molecular formula is C23H27N3O5. The zero-order valence-electron chi connectivity index (χ0n) is 18.3. The third-order valence-electron chi connectivity index (χ3n) is 5.25. The van der Waals surface area contributed by atoms with Gasteiger partial charge in [-0.25, -0.2) is 4.79 Å². The minimum atomic E-state index is -0.531. The number of phenolic OH excluding ortho intramolecular Hbond substituents is 1. The number of rotatable bonds is 4. The summed E-state index contributed by atoms with van der Waals surface area (Å²) in [6.45, 7) is 7.86. The molecule has 8 heteroatoms. The predicted molar refractivity (Wildman–Crippen MR) is 118 cm³/mol. The SMILES string of the molecule is COc1c(C(=O)Nc2cccc(O)c2C)cc(N2CCC(=O)NC2=O)cc1C(C)(C)C. The number of imide groups is 1. The molecule has 0 unspecified atom stereocenters. The Hall–Kier alpha value is -3.55. The highest BCUT2D eigenvalue weighted by molar-refractivity contribution is 6.10.